The monoisotopic (exact) mass is 670 g/mol. The van der Waals surface area contributed by atoms with Gasteiger partial charge in [0.25, 0.3) is 0 Å². The standard InChI is InChI=1S/C19H35N3O4.C16H30N2O3/c1-13(19(25)26)10-16-12-22(4,5)11-15(16)7-6-14(18(20)24)8-9-17(23)21(2)3;1-12(16(20)21)9-14-11-18(4,5)10-13(14)7-6-8-15(19)17(2)3/h13-16H,6-12H2,1-5H3,(H2-,20,24,25,26);12-14H,6-11H2,1-5H3/p+2. The van der Waals surface area contributed by atoms with Gasteiger partial charge in [0, 0.05) is 70.6 Å². The summed E-state index contributed by atoms with van der Waals surface area (Å²) in [7, 11) is 15.7. The Morgan fingerprint density at radius 2 is 1.04 bits per heavy atom. The van der Waals surface area contributed by atoms with E-state index in [9.17, 15) is 29.1 Å². The van der Waals surface area contributed by atoms with Crippen LogP contribution in [0.25, 0.3) is 0 Å². The van der Waals surface area contributed by atoms with E-state index in [-0.39, 0.29) is 35.5 Å². The Labute approximate surface area is 283 Å². The molecule has 0 aromatic heterocycles. The highest BCUT2D eigenvalue weighted by molar-refractivity contribution is 5.79. The summed E-state index contributed by atoms with van der Waals surface area (Å²) < 4.78 is 1.84. The zero-order valence-corrected chi connectivity index (χ0v) is 31.0. The van der Waals surface area contributed by atoms with E-state index in [0.29, 0.717) is 55.8 Å². The van der Waals surface area contributed by atoms with Gasteiger partial charge < -0.3 is 34.7 Å². The third kappa shape index (κ3) is 15.4. The number of carboxylic acids is 2. The zero-order chi connectivity index (χ0) is 36.3. The number of hydrogen-bond acceptors (Lipinski definition) is 5. The Morgan fingerprint density at radius 3 is 1.43 bits per heavy atom. The Morgan fingerprint density at radius 1 is 0.660 bits per heavy atom. The van der Waals surface area contributed by atoms with E-state index in [1.807, 2.05) is 0 Å². The molecule has 12 nitrogen and oxygen atoms in total. The van der Waals surface area contributed by atoms with Gasteiger partial charge in [-0.3, -0.25) is 24.0 Å². The van der Waals surface area contributed by atoms with Gasteiger partial charge in [-0.1, -0.05) is 13.8 Å². The minimum atomic E-state index is -0.752. The molecule has 2 aliphatic rings. The van der Waals surface area contributed by atoms with Crippen LogP contribution < -0.4 is 5.73 Å². The van der Waals surface area contributed by atoms with Gasteiger partial charge in [-0.05, 0) is 44.9 Å². The molecule has 0 saturated carbocycles. The summed E-state index contributed by atoms with van der Waals surface area (Å²) in [6, 6.07) is 0. The van der Waals surface area contributed by atoms with Gasteiger partial charge >= 0.3 is 11.9 Å². The number of nitrogens with zero attached hydrogens (tertiary/aromatic N) is 4. The Kier molecular flexibility index (Phi) is 16.8. The number of nitrogens with two attached hydrogens (primary N) is 1. The summed E-state index contributed by atoms with van der Waals surface area (Å²) in [6.45, 7) is 7.64. The van der Waals surface area contributed by atoms with Crippen molar-refractivity contribution >= 4 is 29.7 Å². The van der Waals surface area contributed by atoms with E-state index in [1.165, 1.54) is 4.90 Å². The van der Waals surface area contributed by atoms with Gasteiger partial charge in [-0.25, -0.2) is 0 Å². The van der Waals surface area contributed by atoms with E-state index >= 15 is 0 Å². The summed E-state index contributed by atoms with van der Waals surface area (Å²) >= 11 is 0. The molecule has 2 fully saturated rings. The molecule has 2 saturated heterocycles. The number of aliphatic carboxylic acids is 2. The normalized spacial score (nSPS) is 24.7. The maximum absolute atomic E-state index is 11.8. The van der Waals surface area contributed by atoms with Crippen molar-refractivity contribution in [2.75, 3.05) is 82.6 Å². The van der Waals surface area contributed by atoms with Crippen LogP contribution in [0.4, 0.5) is 0 Å². The Hall–Kier alpha value is -2.73. The molecule has 0 aliphatic carbocycles. The van der Waals surface area contributed by atoms with Crippen molar-refractivity contribution in [3.63, 3.8) is 0 Å². The van der Waals surface area contributed by atoms with Gasteiger partial charge in [-0.2, -0.15) is 0 Å². The summed E-state index contributed by atoms with van der Waals surface area (Å²) in [5, 5.41) is 18.3. The topological polar surface area (TPSA) is 158 Å². The number of carbonyl (C=O) groups is 5. The van der Waals surface area contributed by atoms with Crippen LogP contribution in [0.5, 0.6) is 0 Å². The van der Waals surface area contributed by atoms with Crippen LogP contribution in [-0.4, -0.2) is 141 Å². The number of primary amides is 1. The molecule has 4 N–H and O–H groups in total. The van der Waals surface area contributed by atoms with Crippen molar-refractivity contribution in [3.05, 3.63) is 0 Å². The first-order chi connectivity index (χ1) is 21.5. The second kappa shape index (κ2) is 18.7. The molecule has 0 aromatic carbocycles. The molecule has 7 atom stereocenters. The lowest BCUT2D eigenvalue weighted by molar-refractivity contribution is -0.880. The van der Waals surface area contributed by atoms with Crippen molar-refractivity contribution in [1.29, 1.82) is 0 Å². The van der Waals surface area contributed by atoms with Crippen molar-refractivity contribution in [2.45, 2.75) is 71.6 Å². The van der Waals surface area contributed by atoms with Crippen molar-refractivity contribution in [1.82, 2.24) is 9.80 Å². The second-order valence-electron chi connectivity index (χ2n) is 16.3. The lowest BCUT2D eigenvalue weighted by atomic mass is 9.82. The molecule has 2 heterocycles. The van der Waals surface area contributed by atoms with Crippen molar-refractivity contribution in [3.8, 4) is 0 Å². The van der Waals surface area contributed by atoms with E-state index in [0.717, 1.165) is 60.8 Å². The van der Waals surface area contributed by atoms with E-state index < -0.39 is 11.9 Å². The van der Waals surface area contributed by atoms with E-state index in [4.69, 9.17) is 10.8 Å². The van der Waals surface area contributed by atoms with Gasteiger partial charge in [0.05, 0.1) is 66.2 Å². The van der Waals surface area contributed by atoms with Crippen LogP contribution in [0.3, 0.4) is 0 Å². The van der Waals surface area contributed by atoms with E-state index in [2.05, 4.69) is 28.2 Å². The first-order valence-corrected chi connectivity index (χ1v) is 17.3. The molecular formula is C35H67N5O7+2. The van der Waals surface area contributed by atoms with Crippen LogP contribution >= 0.6 is 0 Å². The largest absolute Gasteiger partial charge is 0.481 e. The first kappa shape index (κ1) is 42.3. The maximum Gasteiger partial charge on any atom is 0.306 e. The summed E-state index contributed by atoms with van der Waals surface area (Å²) in [4.78, 5) is 60.6. The third-order valence-electron chi connectivity index (χ3n) is 10.4. The fourth-order valence-electron chi connectivity index (χ4n) is 7.69. The van der Waals surface area contributed by atoms with Gasteiger partial charge in [0.15, 0.2) is 0 Å². The van der Waals surface area contributed by atoms with Crippen molar-refractivity contribution in [2.24, 2.45) is 47.2 Å². The van der Waals surface area contributed by atoms with Crippen LogP contribution in [-0.2, 0) is 24.0 Å². The number of carboxylic acid groups (broad SMARTS) is 2. The SMILES string of the molecule is CC(CC1C[N+](C)(C)CC1CCC(CCC(=O)N(C)C)C(N)=O)C(=O)O.CC(CC1C[N+](C)(C)CC1CCCC(=O)N(C)C)C(=O)O. The molecule has 0 radical (unpaired) electrons. The predicted molar refractivity (Wildman–Crippen MR) is 183 cm³/mol. The fourth-order valence-corrected chi connectivity index (χ4v) is 7.69. The molecule has 0 aromatic rings. The minimum absolute atomic E-state index is 0.00285. The Bertz CT molecular complexity index is 1060. The smallest absolute Gasteiger partial charge is 0.306 e. The average molecular weight is 670 g/mol. The van der Waals surface area contributed by atoms with Crippen LogP contribution in [0.2, 0.25) is 0 Å². The highest BCUT2D eigenvalue weighted by Gasteiger charge is 2.42. The molecule has 0 spiro atoms. The fraction of sp³-hybridized carbons (Fsp3) is 0.857. The average Bonchev–Trinajstić information content (AvgIpc) is 3.40. The highest BCUT2D eigenvalue weighted by Crippen LogP contribution is 2.36. The number of carbonyl (C=O) groups excluding carboxylic acids is 3. The van der Waals surface area contributed by atoms with Crippen LogP contribution in [0, 0.1) is 41.4 Å². The van der Waals surface area contributed by atoms with Gasteiger partial charge in [0.1, 0.15) is 0 Å². The molecule has 2 aliphatic heterocycles. The molecular weight excluding hydrogens is 602 g/mol. The zero-order valence-electron chi connectivity index (χ0n) is 31.0. The number of likely N-dealkylation sites (tertiary alicyclic amines) is 2. The summed E-state index contributed by atoms with van der Waals surface area (Å²) in [6.07, 6.45) is 6.27. The lowest BCUT2D eigenvalue weighted by Gasteiger charge is -2.24. The predicted octanol–water partition coefficient (Wildman–Crippen LogP) is 2.85. The highest BCUT2D eigenvalue weighted by atomic mass is 16.4. The molecule has 47 heavy (non-hydrogen) atoms. The molecule has 272 valence electrons. The maximum atomic E-state index is 11.8. The minimum Gasteiger partial charge on any atom is -0.481 e. The van der Waals surface area contributed by atoms with Crippen LogP contribution in [0.15, 0.2) is 0 Å². The molecule has 0 bridgehead atoms. The molecule has 12 heteroatoms. The lowest BCUT2D eigenvalue weighted by Crippen LogP contribution is -2.37. The summed E-state index contributed by atoms with van der Waals surface area (Å²) in [5.74, 6) is -0.827. The second-order valence-corrected chi connectivity index (χ2v) is 16.3. The molecule has 3 amide bonds. The first-order valence-electron chi connectivity index (χ1n) is 17.3. The number of rotatable bonds is 17. The quantitative estimate of drug-likeness (QED) is 0.201. The van der Waals surface area contributed by atoms with Crippen LogP contribution in [0.1, 0.15) is 71.6 Å². The van der Waals surface area contributed by atoms with Crippen molar-refractivity contribution < 1.29 is 43.2 Å². The molecule has 7 unspecified atom stereocenters. The third-order valence-corrected chi connectivity index (χ3v) is 10.4. The summed E-state index contributed by atoms with van der Waals surface area (Å²) in [5.41, 5.74) is 5.55. The van der Waals surface area contributed by atoms with E-state index in [1.54, 1.807) is 46.9 Å². The van der Waals surface area contributed by atoms with Gasteiger partial charge in [0.2, 0.25) is 17.7 Å². The molecule has 2 rings (SSSR count). The number of amides is 3. The number of hydrogen-bond donors (Lipinski definition) is 3. The Balaban J connectivity index is 0.000000481. The van der Waals surface area contributed by atoms with Gasteiger partial charge in [-0.15, -0.1) is 0 Å². The number of quaternary nitrogens is 2.